The Hall–Kier alpha value is 0.358. The molecule has 0 aromatic rings. The van der Waals surface area contributed by atoms with E-state index in [9.17, 15) is 3.74 Å². The topological polar surface area (TPSA) is 17.1 Å². The fraction of sp³-hybridized carbons (Fsp3) is 1.00. The maximum absolute atomic E-state index is 11.6. The molecule has 0 aromatic carbocycles. The van der Waals surface area contributed by atoms with Gasteiger partial charge in [-0.15, -0.1) is 0 Å². The first-order chi connectivity index (χ1) is 10.6. The van der Waals surface area contributed by atoms with Gasteiger partial charge in [0.1, 0.15) is 0 Å². The normalized spacial score (nSPS) is 12.0. The average Bonchev–Trinajstić information content (AvgIpc) is 2.45. The molecular formula is C20H43AsO. The van der Waals surface area contributed by atoms with Crippen molar-refractivity contribution in [2.24, 2.45) is 0 Å². The fourth-order valence-corrected chi connectivity index (χ4v) is 5.11. The van der Waals surface area contributed by atoms with E-state index >= 15 is 0 Å². The summed E-state index contributed by atoms with van der Waals surface area (Å²) in [6.45, 7) is 2.29. The van der Waals surface area contributed by atoms with Crippen LogP contribution in [0.4, 0.5) is 0 Å². The molecule has 0 spiro atoms. The van der Waals surface area contributed by atoms with Crippen LogP contribution in [0, 0.1) is 0 Å². The Labute approximate surface area is 143 Å². The van der Waals surface area contributed by atoms with Crippen LogP contribution in [0.15, 0.2) is 0 Å². The number of hydrogen-bond acceptors (Lipinski definition) is 1. The molecule has 0 fully saturated rings. The van der Waals surface area contributed by atoms with Gasteiger partial charge in [-0.05, 0) is 0 Å². The van der Waals surface area contributed by atoms with Gasteiger partial charge in [-0.25, -0.2) is 0 Å². The van der Waals surface area contributed by atoms with Crippen LogP contribution < -0.4 is 0 Å². The van der Waals surface area contributed by atoms with Crippen LogP contribution >= 0.6 is 0 Å². The van der Waals surface area contributed by atoms with Gasteiger partial charge in [0.25, 0.3) is 0 Å². The summed E-state index contributed by atoms with van der Waals surface area (Å²) in [7, 11) is 0. The van der Waals surface area contributed by atoms with Crippen LogP contribution in [0.2, 0.25) is 16.6 Å². The van der Waals surface area contributed by atoms with E-state index in [0.29, 0.717) is 0 Å². The van der Waals surface area contributed by atoms with E-state index in [2.05, 4.69) is 6.92 Å². The number of hydrogen-bond donors (Lipinski definition) is 0. The van der Waals surface area contributed by atoms with Crippen molar-refractivity contribution in [3.63, 3.8) is 0 Å². The zero-order chi connectivity index (χ0) is 16.5. The Bertz CT molecular complexity index is 256. The molecule has 0 radical (unpaired) electrons. The van der Waals surface area contributed by atoms with Crippen LogP contribution in [0.3, 0.4) is 0 Å². The molecule has 0 amide bonds. The van der Waals surface area contributed by atoms with Gasteiger partial charge in [0.15, 0.2) is 0 Å². The van der Waals surface area contributed by atoms with E-state index in [0.717, 1.165) is 5.21 Å². The first-order valence-electron chi connectivity index (χ1n) is 10.1. The molecule has 0 aliphatic heterocycles. The van der Waals surface area contributed by atoms with Crippen LogP contribution in [0.5, 0.6) is 0 Å². The average molecular weight is 374 g/mol. The minimum absolute atomic E-state index is 1.01. The van der Waals surface area contributed by atoms with Crippen molar-refractivity contribution in [3.05, 3.63) is 0 Å². The van der Waals surface area contributed by atoms with Crippen molar-refractivity contribution >= 4 is 13.5 Å². The van der Waals surface area contributed by atoms with Crippen LogP contribution in [0.25, 0.3) is 0 Å². The van der Waals surface area contributed by atoms with Crippen molar-refractivity contribution in [2.75, 3.05) is 0 Å². The van der Waals surface area contributed by atoms with Gasteiger partial charge in [-0.2, -0.15) is 0 Å². The molecule has 22 heavy (non-hydrogen) atoms. The summed E-state index contributed by atoms with van der Waals surface area (Å²) >= 11 is -2.32. The van der Waals surface area contributed by atoms with Crippen molar-refractivity contribution in [1.29, 1.82) is 0 Å². The Morgan fingerprint density at radius 1 is 0.500 bits per heavy atom. The summed E-state index contributed by atoms with van der Waals surface area (Å²) in [5.41, 5.74) is 3.95. The summed E-state index contributed by atoms with van der Waals surface area (Å²) in [6, 6.07) is 0. The van der Waals surface area contributed by atoms with Gasteiger partial charge in [0.05, 0.1) is 0 Å². The summed E-state index contributed by atoms with van der Waals surface area (Å²) in [6.07, 6.45) is 22.5. The summed E-state index contributed by atoms with van der Waals surface area (Å²) in [5.74, 6) is 0. The number of rotatable bonds is 17. The fourth-order valence-electron chi connectivity index (χ4n) is 3.04. The molecule has 0 saturated heterocycles. The predicted molar refractivity (Wildman–Crippen MR) is 103 cm³/mol. The summed E-state index contributed by atoms with van der Waals surface area (Å²) in [5, 5.41) is 1.01. The quantitative estimate of drug-likeness (QED) is 0.187. The molecule has 0 bridgehead atoms. The molecule has 0 N–H and O–H groups in total. The minimum atomic E-state index is -2.32. The SMILES string of the molecule is CCCCCCCCCCCCCCCCCC[As](C)(C)=O. The summed E-state index contributed by atoms with van der Waals surface area (Å²) in [4.78, 5) is 0. The first kappa shape index (κ1) is 22.4. The van der Waals surface area contributed by atoms with Gasteiger partial charge in [-0.1, -0.05) is 39.0 Å². The van der Waals surface area contributed by atoms with E-state index < -0.39 is 13.5 Å². The van der Waals surface area contributed by atoms with Crippen molar-refractivity contribution in [2.45, 2.75) is 126 Å². The van der Waals surface area contributed by atoms with Gasteiger partial charge < -0.3 is 0 Å². The van der Waals surface area contributed by atoms with E-state index in [1.807, 2.05) is 11.4 Å². The Morgan fingerprint density at radius 3 is 1.05 bits per heavy atom. The zero-order valence-corrected chi connectivity index (χ0v) is 17.8. The van der Waals surface area contributed by atoms with Crippen LogP contribution in [-0.2, 0) is 3.74 Å². The molecule has 0 saturated carbocycles. The molecule has 0 aliphatic carbocycles. The molecule has 0 rings (SSSR count). The predicted octanol–water partition coefficient (Wildman–Crippen LogP) is 7.88. The van der Waals surface area contributed by atoms with Gasteiger partial charge in [-0.3, -0.25) is 0 Å². The molecular weight excluding hydrogens is 331 g/mol. The van der Waals surface area contributed by atoms with E-state index in [1.165, 1.54) is 103 Å². The second-order valence-corrected chi connectivity index (χ2v) is 15.1. The Balaban J connectivity index is 3.01. The first-order valence-corrected chi connectivity index (χ1v) is 15.9. The third kappa shape index (κ3) is 20.4. The maximum atomic E-state index is 11.6. The van der Waals surface area contributed by atoms with Gasteiger partial charge in [0.2, 0.25) is 0 Å². The molecule has 134 valence electrons. The molecule has 0 aliphatic rings. The second-order valence-electron chi connectivity index (χ2n) is 7.60. The second kappa shape index (κ2) is 16.2. The monoisotopic (exact) mass is 374 g/mol. The van der Waals surface area contributed by atoms with Crippen LogP contribution in [0.1, 0.15) is 110 Å². The third-order valence-electron chi connectivity index (χ3n) is 4.55. The van der Waals surface area contributed by atoms with Gasteiger partial charge in [0, 0.05) is 0 Å². The van der Waals surface area contributed by atoms with Crippen LogP contribution in [-0.4, -0.2) is 13.5 Å². The zero-order valence-electron chi connectivity index (χ0n) is 15.9. The van der Waals surface area contributed by atoms with Crippen molar-refractivity contribution in [1.82, 2.24) is 0 Å². The molecule has 0 atom stereocenters. The number of unbranched alkanes of at least 4 members (excludes halogenated alkanes) is 15. The molecule has 0 unspecified atom stereocenters. The van der Waals surface area contributed by atoms with E-state index in [4.69, 9.17) is 0 Å². The van der Waals surface area contributed by atoms with E-state index in [-0.39, 0.29) is 0 Å². The third-order valence-corrected chi connectivity index (χ3v) is 7.47. The standard InChI is InChI=1S/C20H43AsO/c1-4-5-6-7-8-9-10-11-12-13-14-15-16-17-18-19-20-21(2,3)22/h4-20H2,1-3H3. The Kier molecular flexibility index (Phi) is 16.5. The van der Waals surface area contributed by atoms with E-state index in [1.54, 1.807) is 0 Å². The molecule has 0 heterocycles. The molecule has 0 aromatic heterocycles. The Morgan fingerprint density at radius 2 is 0.773 bits per heavy atom. The molecule has 1 nitrogen and oxygen atoms in total. The molecule has 2 heteroatoms. The summed E-state index contributed by atoms with van der Waals surface area (Å²) < 4.78 is 11.6. The van der Waals surface area contributed by atoms with Crippen molar-refractivity contribution in [3.8, 4) is 0 Å². The van der Waals surface area contributed by atoms with Gasteiger partial charge >= 0.3 is 104 Å². The van der Waals surface area contributed by atoms with Crippen molar-refractivity contribution < 1.29 is 3.74 Å².